The van der Waals surface area contributed by atoms with Crippen LogP contribution in [-0.4, -0.2) is 24.0 Å². The predicted octanol–water partition coefficient (Wildman–Crippen LogP) is 0.923. The molecule has 0 bridgehead atoms. The van der Waals surface area contributed by atoms with E-state index in [0.717, 1.165) is 10.8 Å². The lowest BCUT2D eigenvalue weighted by Gasteiger charge is -2.05. The van der Waals surface area contributed by atoms with E-state index in [-0.39, 0.29) is 5.91 Å². The van der Waals surface area contributed by atoms with E-state index in [4.69, 9.17) is 5.73 Å². The van der Waals surface area contributed by atoms with Gasteiger partial charge in [0.15, 0.2) is 0 Å². The van der Waals surface area contributed by atoms with Gasteiger partial charge in [0.1, 0.15) is 5.69 Å². The third-order valence-corrected chi connectivity index (χ3v) is 2.32. The molecule has 2 aromatic rings. The number of carbonyl (C=O) groups is 1. The lowest BCUT2D eigenvalue weighted by molar-refractivity contribution is 0.0951. The highest BCUT2D eigenvalue weighted by molar-refractivity contribution is 6.05. The maximum atomic E-state index is 11.8. The molecule has 0 aliphatic rings. The molecule has 1 aromatic carbocycles. The van der Waals surface area contributed by atoms with Crippen molar-refractivity contribution >= 4 is 16.7 Å². The molecule has 0 saturated heterocycles. The molecule has 4 heteroatoms. The van der Waals surface area contributed by atoms with Crippen molar-refractivity contribution in [2.75, 3.05) is 13.1 Å². The normalized spacial score (nSPS) is 10.3. The number of fused-ring (bicyclic) bond motifs is 1. The molecule has 0 aliphatic heterocycles. The first-order chi connectivity index (χ1) is 7.83. The summed E-state index contributed by atoms with van der Waals surface area (Å²) in [6.07, 6.45) is 1.64. The summed E-state index contributed by atoms with van der Waals surface area (Å²) in [5.74, 6) is -0.178. The fraction of sp³-hybridized carbons (Fsp3) is 0.167. The molecule has 0 fully saturated rings. The zero-order valence-corrected chi connectivity index (χ0v) is 8.81. The summed E-state index contributed by atoms with van der Waals surface area (Å²) in [6, 6.07) is 9.55. The second kappa shape index (κ2) is 4.72. The van der Waals surface area contributed by atoms with Gasteiger partial charge < -0.3 is 11.1 Å². The zero-order chi connectivity index (χ0) is 11.4. The predicted molar refractivity (Wildman–Crippen MR) is 63.1 cm³/mol. The summed E-state index contributed by atoms with van der Waals surface area (Å²) >= 11 is 0. The Labute approximate surface area is 93.5 Å². The van der Waals surface area contributed by atoms with Gasteiger partial charge in [0.05, 0.1) is 0 Å². The van der Waals surface area contributed by atoms with Crippen LogP contribution >= 0.6 is 0 Å². The lowest BCUT2D eigenvalue weighted by atomic mass is 10.1. The van der Waals surface area contributed by atoms with Crippen molar-refractivity contribution in [3.05, 3.63) is 42.2 Å². The molecule has 1 amide bonds. The maximum Gasteiger partial charge on any atom is 0.270 e. The number of hydrogen-bond donors (Lipinski definition) is 2. The lowest BCUT2D eigenvalue weighted by Crippen LogP contribution is -2.29. The van der Waals surface area contributed by atoms with Gasteiger partial charge in [-0.05, 0) is 11.5 Å². The first kappa shape index (κ1) is 10.6. The Balaban J connectivity index is 2.40. The van der Waals surface area contributed by atoms with E-state index in [9.17, 15) is 4.79 Å². The Morgan fingerprint density at radius 2 is 2.12 bits per heavy atom. The smallest absolute Gasteiger partial charge is 0.270 e. The molecule has 1 aromatic heterocycles. The minimum Gasteiger partial charge on any atom is -0.349 e. The van der Waals surface area contributed by atoms with Crippen LogP contribution in [0.15, 0.2) is 36.5 Å². The second-order valence-corrected chi connectivity index (χ2v) is 3.43. The van der Waals surface area contributed by atoms with Crippen LogP contribution in [-0.2, 0) is 0 Å². The van der Waals surface area contributed by atoms with Gasteiger partial charge in [-0.1, -0.05) is 24.3 Å². The third-order valence-electron chi connectivity index (χ3n) is 2.32. The van der Waals surface area contributed by atoms with Crippen molar-refractivity contribution in [3.63, 3.8) is 0 Å². The van der Waals surface area contributed by atoms with Crippen LogP contribution in [0.4, 0.5) is 0 Å². The van der Waals surface area contributed by atoms with E-state index in [1.165, 1.54) is 0 Å². The van der Waals surface area contributed by atoms with Crippen molar-refractivity contribution in [1.29, 1.82) is 0 Å². The van der Waals surface area contributed by atoms with Crippen LogP contribution < -0.4 is 11.1 Å². The molecule has 2 rings (SSSR count). The summed E-state index contributed by atoms with van der Waals surface area (Å²) in [4.78, 5) is 15.9. The Kier molecular flexibility index (Phi) is 3.12. The Hall–Kier alpha value is -1.94. The summed E-state index contributed by atoms with van der Waals surface area (Å²) in [7, 11) is 0. The van der Waals surface area contributed by atoms with Crippen molar-refractivity contribution < 1.29 is 4.79 Å². The van der Waals surface area contributed by atoms with Crippen LogP contribution in [0.2, 0.25) is 0 Å². The largest absolute Gasteiger partial charge is 0.349 e. The van der Waals surface area contributed by atoms with Crippen molar-refractivity contribution in [1.82, 2.24) is 10.3 Å². The number of nitrogens with zero attached hydrogens (tertiary/aromatic N) is 1. The first-order valence-electron chi connectivity index (χ1n) is 5.15. The third kappa shape index (κ3) is 2.01. The molecule has 0 aliphatic carbocycles. The monoisotopic (exact) mass is 215 g/mol. The molecule has 0 spiro atoms. The fourth-order valence-corrected chi connectivity index (χ4v) is 1.57. The minimum atomic E-state index is -0.178. The second-order valence-electron chi connectivity index (χ2n) is 3.43. The average molecular weight is 215 g/mol. The van der Waals surface area contributed by atoms with Gasteiger partial charge in [0.2, 0.25) is 0 Å². The average Bonchev–Trinajstić information content (AvgIpc) is 2.35. The number of nitrogens with two attached hydrogens (primary N) is 1. The molecule has 3 N–H and O–H groups in total. The quantitative estimate of drug-likeness (QED) is 0.800. The van der Waals surface area contributed by atoms with E-state index >= 15 is 0 Å². The maximum absolute atomic E-state index is 11.8. The molecule has 0 atom stereocenters. The summed E-state index contributed by atoms with van der Waals surface area (Å²) < 4.78 is 0. The molecule has 16 heavy (non-hydrogen) atoms. The molecule has 4 nitrogen and oxygen atoms in total. The summed E-state index contributed by atoms with van der Waals surface area (Å²) in [6.45, 7) is 0.889. The van der Waals surface area contributed by atoms with Crippen molar-refractivity contribution in [2.24, 2.45) is 5.73 Å². The number of carbonyl (C=O) groups excluding carboxylic acids is 1. The van der Waals surface area contributed by atoms with Gasteiger partial charge in [0, 0.05) is 24.7 Å². The van der Waals surface area contributed by atoms with Gasteiger partial charge in [-0.15, -0.1) is 0 Å². The highest BCUT2D eigenvalue weighted by Gasteiger charge is 2.09. The number of amides is 1. The molecule has 0 radical (unpaired) electrons. The van der Waals surface area contributed by atoms with E-state index < -0.39 is 0 Å². The Bertz CT molecular complexity index is 505. The van der Waals surface area contributed by atoms with Crippen LogP contribution in [0.3, 0.4) is 0 Å². The number of aromatic nitrogens is 1. The van der Waals surface area contributed by atoms with Crippen LogP contribution in [0, 0.1) is 0 Å². The van der Waals surface area contributed by atoms with Crippen LogP contribution in [0.1, 0.15) is 10.5 Å². The van der Waals surface area contributed by atoms with Crippen LogP contribution in [0.5, 0.6) is 0 Å². The first-order valence-corrected chi connectivity index (χ1v) is 5.15. The Morgan fingerprint density at radius 1 is 1.31 bits per heavy atom. The molecule has 0 unspecified atom stereocenters. The summed E-state index contributed by atoms with van der Waals surface area (Å²) in [5.41, 5.74) is 5.78. The van der Waals surface area contributed by atoms with Gasteiger partial charge in [-0.2, -0.15) is 0 Å². The summed E-state index contributed by atoms with van der Waals surface area (Å²) in [5, 5.41) is 4.58. The van der Waals surface area contributed by atoms with Gasteiger partial charge in [0.25, 0.3) is 5.91 Å². The SMILES string of the molecule is NCCNC(=O)c1nccc2ccccc12. The standard InChI is InChI=1S/C12H13N3O/c13-6-8-15-12(16)11-10-4-2-1-3-9(10)5-7-14-11/h1-5,7H,6,8,13H2,(H,15,16). The van der Waals surface area contributed by atoms with Crippen molar-refractivity contribution in [3.8, 4) is 0 Å². The molecular weight excluding hydrogens is 202 g/mol. The Morgan fingerprint density at radius 3 is 2.94 bits per heavy atom. The van der Waals surface area contributed by atoms with E-state index in [2.05, 4.69) is 10.3 Å². The molecule has 82 valence electrons. The molecule has 0 saturated carbocycles. The highest BCUT2D eigenvalue weighted by atomic mass is 16.1. The van der Waals surface area contributed by atoms with Gasteiger partial charge in [-0.3, -0.25) is 9.78 Å². The number of nitrogens with one attached hydrogen (secondary N) is 1. The number of pyridine rings is 1. The number of hydrogen-bond acceptors (Lipinski definition) is 3. The minimum absolute atomic E-state index is 0.178. The van der Waals surface area contributed by atoms with E-state index in [1.54, 1.807) is 6.20 Å². The van der Waals surface area contributed by atoms with Gasteiger partial charge in [-0.25, -0.2) is 0 Å². The number of benzene rings is 1. The van der Waals surface area contributed by atoms with E-state index in [1.807, 2.05) is 30.3 Å². The van der Waals surface area contributed by atoms with Crippen LogP contribution in [0.25, 0.3) is 10.8 Å². The van der Waals surface area contributed by atoms with Crippen molar-refractivity contribution in [2.45, 2.75) is 0 Å². The number of rotatable bonds is 3. The van der Waals surface area contributed by atoms with Gasteiger partial charge >= 0.3 is 0 Å². The van der Waals surface area contributed by atoms with E-state index in [0.29, 0.717) is 18.8 Å². The molecular formula is C12H13N3O. The fourth-order valence-electron chi connectivity index (χ4n) is 1.57. The zero-order valence-electron chi connectivity index (χ0n) is 8.81. The topological polar surface area (TPSA) is 68.0 Å². The molecule has 1 heterocycles. The highest BCUT2D eigenvalue weighted by Crippen LogP contribution is 2.15.